The summed E-state index contributed by atoms with van der Waals surface area (Å²) in [5.74, 6) is 0.889. The van der Waals surface area contributed by atoms with Crippen molar-refractivity contribution in [3.05, 3.63) is 29.8 Å². The molecule has 17 heavy (non-hydrogen) atoms. The van der Waals surface area contributed by atoms with Crippen LogP contribution in [0.2, 0.25) is 0 Å². The number of nitrogens with two attached hydrogens (primary N) is 2. The summed E-state index contributed by atoms with van der Waals surface area (Å²) in [5.41, 5.74) is 13.1. The molecular formula is C14H24N2O. The fourth-order valence-electron chi connectivity index (χ4n) is 1.92. The van der Waals surface area contributed by atoms with Crippen molar-refractivity contribution in [1.29, 1.82) is 0 Å². The van der Waals surface area contributed by atoms with Crippen LogP contribution in [-0.4, -0.2) is 13.2 Å². The first kappa shape index (κ1) is 14.0. The van der Waals surface area contributed by atoms with Crippen LogP contribution < -0.4 is 16.2 Å². The first-order valence-corrected chi connectivity index (χ1v) is 6.19. The Labute approximate surface area is 104 Å². The van der Waals surface area contributed by atoms with Crippen molar-refractivity contribution in [1.82, 2.24) is 0 Å². The summed E-state index contributed by atoms with van der Waals surface area (Å²) in [6.45, 7) is 7.63. The molecule has 0 aliphatic rings. The third-order valence-corrected chi connectivity index (χ3v) is 3.18. The number of hydrogen-bond acceptors (Lipinski definition) is 3. The van der Waals surface area contributed by atoms with Crippen LogP contribution in [-0.2, 0) is 0 Å². The minimum Gasteiger partial charge on any atom is -0.494 e. The quantitative estimate of drug-likeness (QED) is 0.797. The smallest absolute Gasteiger partial charge is 0.119 e. The van der Waals surface area contributed by atoms with Gasteiger partial charge in [-0.1, -0.05) is 26.0 Å². The Bertz CT molecular complexity index is 333. The van der Waals surface area contributed by atoms with Gasteiger partial charge in [0, 0.05) is 6.04 Å². The summed E-state index contributed by atoms with van der Waals surface area (Å²) >= 11 is 0. The van der Waals surface area contributed by atoms with Gasteiger partial charge in [0.05, 0.1) is 6.61 Å². The molecule has 3 nitrogen and oxygen atoms in total. The molecule has 0 saturated carbocycles. The Balaban J connectivity index is 2.78. The van der Waals surface area contributed by atoms with Crippen LogP contribution in [0.15, 0.2) is 24.3 Å². The standard InChI is InChI=1S/C14H24N2O/c1-4-17-12-7-5-11(6-8-12)13(16)14(2,3)9-10-15/h5-8,13H,4,9-10,15-16H2,1-3H3. The van der Waals surface area contributed by atoms with Crippen molar-refractivity contribution in [2.24, 2.45) is 16.9 Å². The van der Waals surface area contributed by atoms with E-state index < -0.39 is 0 Å². The van der Waals surface area contributed by atoms with E-state index in [1.807, 2.05) is 31.2 Å². The second kappa shape index (κ2) is 6.03. The summed E-state index contributed by atoms with van der Waals surface area (Å²) in [5, 5.41) is 0. The van der Waals surface area contributed by atoms with E-state index in [1.165, 1.54) is 0 Å². The summed E-state index contributed by atoms with van der Waals surface area (Å²) in [7, 11) is 0. The van der Waals surface area contributed by atoms with Gasteiger partial charge >= 0.3 is 0 Å². The van der Waals surface area contributed by atoms with Gasteiger partial charge in [0.25, 0.3) is 0 Å². The van der Waals surface area contributed by atoms with E-state index in [0.717, 1.165) is 17.7 Å². The van der Waals surface area contributed by atoms with E-state index in [1.54, 1.807) is 0 Å². The van der Waals surface area contributed by atoms with Crippen molar-refractivity contribution in [3.8, 4) is 5.75 Å². The largest absolute Gasteiger partial charge is 0.494 e. The fraction of sp³-hybridized carbons (Fsp3) is 0.571. The molecule has 0 fully saturated rings. The lowest BCUT2D eigenvalue weighted by molar-refractivity contribution is 0.270. The van der Waals surface area contributed by atoms with E-state index in [0.29, 0.717) is 13.2 Å². The summed E-state index contributed by atoms with van der Waals surface area (Å²) in [6, 6.07) is 8.01. The topological polar surface area (TPSA) is 61.3 Å². The molecule has 0 amide bonds. The fourth-order valence-corrected chi connectivity index (χ4v) is 1.92. The lowest BCUT2D eigenvalue weighted by Crippen LogP contribution is -2.31. The van der Waals surface area contributed by atoms with Crippen LogP contribution in [0.1, 0.15) is 38.8 Å². The molecule has 0 aliphatic carbocycles. The van der Waals surface area contributed by atoms with Gasteiger partial charge in [-0.3, -0.25) is 0 Å². The Kier molecular flexibility index (Phi) is 4.97. The van der Waals surface area contributed by atoms with E-state index in [9.17, 15) is 0 Å². The van der Waals surface area contributed by atoms with Crippen LogP contribution >= 0.6 is 0 Å². The van der Waals surface area contributed by atoms with Gasteiger partial charge in [-0.25, -0.2) is 0 Å². The van der Waals surface area contributed by atoms with Crippen molar-refractivity contribution in [2.75, 3.05) is 13.2 Å². The van der Waals surface area contributed by atoms with Crippen molar-refractivity contribution < 1.29 is 4.74 Å². The Hall–Kier alpha value is -1.06. The first-order chi connectivity index (χ1) is 8.01. The second-order valence-electron chi connectivity index (χ2n) is 5.01. The highest BCUT2D eigenvalue weighted by atomic mass is 16.5. The van der Waals surface area contributed by atoms with Gasteiger partial charge in [0.1, 0.15) is 5.75 Å². The molecule has 3 heteroatoms. The molecular weight excluding hydrogens is 212 g/mol. The van der Waals surface area contributed by atoms with Crippen molar-refractivity contribution in [2.45, 2.75) is 33.2 Å². The maximum Gasteiger partial charge on any atom is 0.119 e. The molecule has 1 aromatic rings. The normalized spacial score (nSPS) is 13.5. The monoisotopic (exact) mass is 236 g/mol. The molecule has 0 aliphatic heterocycles. The van der Waals surface area contributed by atoms with Gasteiger partial charge in [0.2, 0.25) is 0 Å². The zero-order valence-corrected chi connectivity index (χ0v) is 11.1. The molecule has 0 aromatic heterocycles. The minimum atomic E-state index is 0.00160. The Morgan fingerprint density at radius 1 is 1.24 bits per heavy atom. The highest BCUT2D eigenvalue weighted by molar-refractivity contribution is 5.29. The molecule has 1 atom stereocenters. The molecule has 1 rings (SSSR count). The summed E-state index contributed by atoms with van der Waals surface area (Å²) in [4.78, 5) is 0. The third-order valence-electron chi connectivity index (χ3n) is 3.18. The molecule has 0 bridgehead atoms. The van der Waals surface area contributed by atoms with Gasteiger partial charge in [0.15, 0.2) is 0 Å². The van der Waals surface area contributed by atoms with Gasteiger partial charge in [-0.05, 0) is 43.0 Å². The zero-order valence-electron chi connectivity index (χ0n) is 11.1. The number of hydrogen-bond donors (Lipinski definition) is 2. The maximum absolute atomic E-state index is 6.29. The highest BCUT2D eigenvalue weighted by Gasteiger charge is 2.26. The molecule has 0 radical (unpaired) electrons. The minimum absolute atomic E-state index is 0.00160. The number of benzene rings is 1. The molecule has 1 aromatic carbocycles. The SMILES string of the molecule is CCOc1ccc(C(N)C(C)(C)CCN)cc1. The number of rotatable bonds is 6. The summed E-state index contributed by atoms with van der Waals surface area (Å²) in [6.07, 6.45) is 0.918. The van der Waals surface area contributed by atoms with E-state index in [4.69, 9.17) is 16.2 Å². The van der Waals surface area contributed by atoms with Gasteiger partial charge in [-0.2, -0.15) is 0 Å². The number of ether oxygens (including phenoxy) is 1. The van der Waals surface area contributed by atoms with Crippen LogP contribution in [0.3, 0.4) is 0 Å². The lowest BCUT2D eigenvalue weighted by Gasteiger charge is -2.31. The molecule has 4 N–H and O–H groups in total. The first-order valence-electron chi connectivity index (χ1n) is 6.19. The molecule has 0 saturated heterocycles. The van der Waals surface area contributed by atoms with Crippen molar-refractivity contribution >= 4 is 0 Å². The van der Waals surface area contributed by atoms with Crippen LogP contribution in [0.25, 0.3) is 0 Å². The molecule has 96 valence electrons. The average molecular weight is 236 g/mol. The molecule has 0 spiro atoms. The van der Waals surface area contributed by atoms with E-state index in [-0.39, 0.29) is 11.5 Å². The van der Waals surface area contributed by atoms with E-state index >= 15 is 0 Å². The zero-order chi connectivity index (χ0) is 12.9. The second-order valence-corrected chi connectivity index (χ2v) is 5.01. The Morgan fingerprint density at radius 3 is 2.29 bits per heavy atom. The van der Waals surface area contributed by atoms with Gasteiger partial charge < -0.3 is 16.2 Å². The van der Waals surface area contributed by atoms with E-state index in [2.05, 4.69) is 13.8 Å². The van der Waals surface area contributed by atoms with Crippen LogP contribution in [0, 0.1) is 5.41 Å². The Morgan fingerprint density at radius 2 is 1.82 bits per heavy atom. The predicted molar refractivity (Wildman–Crippen MR) is 72.0 cm³/mol. The third kappa shape index (κ3) is 3.72. The van der Waals surface area contributed by atoms with Crippen molar-refractivity contribution in [3.63, 3.8) is 0 Å². The predicted octanol–water partition coefficient (Wildman–Crippen LogP) is 2.46. The maximum atomic E-state index is 6.29. The lowest BCUT2D eigenvalue weighted by atomic mass is 9.78. The summed E-state index contributed by atoms with van der Waals surface area (Å²) < 4.78 is 5.41. The van der Waals surface area contributed by atoms with Crippen LogP contribution in [0.4, 0.5) is 0 Å². The highest BCUT2D eigenvalue weighted by Crippen LogP contribution is 2.34. The van der Waals surface area contributed by atoms with Gasteiger partial charge in [-0.15, -0.1) is 0 Å². The van der Waals surface area contributed by atoms with Crippen LogP contribution in [0.5, 0.6) is 5.75 Å². The molecule has 1 unspecified atom stereocenters. The molecule has 0 heterocycles. The average Bonchev–Trinajstić information content (AvgIpc) is 2.29.